The van der Waals surface area contributed by atoms with Gasteiger partial charge >= 0.3 is 11.9 Å². The molecule has 0 aliphatic heterocycles. The molecule has 22 heavy (non-hydrogen) atoms. The van der Waals surface area contributed by atoms with Crippen LogP contribution < -0.4 is 0 Å². The zero-order valence-electron chi connectivity index (χ0n) is 14.9. The lowest BCUT2D eigenvalue weighted by Gasteiger charge is -2.24. The van der Waals surface area contributed by atoms with Crippen molar-refractivity contribution in [3.05, 3.63) is 0 Å². The fourth-order valence-corrected chi connectivity index (χ4v) is 2.44. The van der Waals surface area contributed by atoms with Crippen LogP contribution in [-0.4, -0.2) is 25.2 Å². The van der Waals surface area contributed by atoms with E-state index in [0.717, 1.165) is 38.5 Å². The molecule has 0 amide bonds. The van der Waals surface area contributed by atoms with E-state index in [1.54, 1.807) is 0 Å². The Morgan fingerprint density at radius 2 is 1.05 bits per heavy atom. The van der Waals surface area contributed by atoms with E-state index in [9.17, 15) is 9.59 Å². The first-order valence-electron chi connectivity index (χ1n) is 8.95. The number of unbranched alkanes of at least 4 members (excludes halogenated alkanes) is 2. The van der Waals surface area contributed by atoms with E-state index >= 15 is 0 Å². The Hall–Kier alpha value is -1.06. The van der Waals surface area contributed by atoms with E-state index < -0.39 is 0 Å². The van der Waals surface area contributed by atoms with Crippen molar-refractivity contribution >= 4 is 11.9 Å². The third-order valence-electron chi connectivity index (χ3n) is 3.77. The van der Waals surface area contributed by atoms with Gasteiger partial charge < -0.3 is 9.47 Å². The molecule has 2 atom stereocenters. The Labute approximate surface area is 135 Å². The van der Waals surface area contributed by atoms with Crippen LogP contribution in [0.3, 0.4) is 0 Å². The average Bonchev–Trinajstić information content (AvgIpc) is 2.51. The molecule has 2 unspecified atom stereocenters. The minimum Gasteiger partial charge on any atom is -0.465 e. The van der Waals surface area contributed by atoms with Crippen molar-refractivity contribution in [3.63, 3.8) is 0 Å². The molecular formula is C18H34O4. The molecule has 4 heteroatoms. The monoisotopic (exact) mass is 314 g/mol. The third kappa shape index (κ3) is 8.40. The van der Waals surface area contributed by atoms with Crippen molar-refractivity contribution in [2.24, 2.45) is 11.8 Å². The maximum absolute atomic E-state index is 12.3. The van der Waals surface area contributed by atoms with Crippen molar-refractivity contribution in [2.45, 2.75) is 79.1 Å². The van der Waals surface area contributed by atoms with E-state index in [-0.39, 0.29) is 23.8 Å². The highest BCUT2D eigenvalue weighted by atomic mass is 16.5. The molecule has 0 rings (SSSR count). The van der Waals surface area contributed by atoms with E-state index in [0.29, 0.717) is 26.1 Å². The molecule has 0 heterocycles. The number of hydrogen-bond donors (Lipinski definition) is 0. The molecule has 0 radical (unpaired) electrons. The summed E-state index contributed by atoms with van der Waals surface area (Å²) in [7, 11) is 0. The summed E-state index contributed by atoms with van der Waals surface area (Å²) in [4.78, 5) is 24.7. The number of ether oxygens (including phenoxy) is 2. The third-order valence-corrected chi connectivity index (χ3v) is 3.77. The minimum absolute atomic E-state index is 0.235. The molecule has 0 saturated heterocycles. The average molecular weight is 314 g/mol. The van der Waals surface area contributed by atoms with Gasteiger partial charge in [0, 0.05) is 0 Å². The van der Waals surface area contributed by atoms with Gasteiger partial charge in [0.25, 0.3) is 0 Å². The largest absolute Gasteiger partial charge is 0.465 e. The summed E-state index contributed by atoms with van der Waals surface area (Å²) in [5.41, 5.74) is 0. The van der Waals surface area contributed by atoms with E-state index in [1.165, 1.54) is 0 Å². The highest BCUT2D eigenvalue weighted by molar-refractivity contribution is 5.82. The van der Waals surface area contributed by atoms with Crippen LogP contribution in [0.2, 0.25) is 0 Å². The minimum atomic E-state index is -0.365. The first-order chi connectivity index (χ1) is 10.6. The molecule has 4 nitrogen and oxygen atoms in total. The standard InChI is InChI=1S/C18H34O4/c1-5-9-13-21-17(19)15(11-7-3)16(12-8-4)18(20)22-14-10-6-2/h15-16H,5-14H2,1-4H3. The van der Waals surface area contributed by atoms with Crippen molar-refractivity contribution < 1.29 is 19.1 Å². The van der Waals surface area contributed by atoms with E-state index in [4.69, 9.17) is 9.47 Å². The van der Waals surface area contributed by atoms with Gasteiger partial charge in [-0.1, -0.05) is 53.4 Å². The summed E-state index contributed by atoms with van der Waals surface area (Å²) in [6, 6.07) is 0. The first-order valence-corrected chi connectivity index (χ1v) is 8.95. The number of carbonyl (C=O) groups excluding carboxylic acids is 2. The Balaban J connectivity index is 4.76. The molecular weight excluding hydrogens is 280 g/mol. The maximum Gasteiger partial charge on any atom is 0.309 e. The van der Waals surface area contributed by atoms with Gasteiger partial charge in [0.2, 0.25) is 0 Å². The van der Waals surface area contributed by atoms with Gasteiger partial charge in [-0.2, -0.15) is 0 Å². The van der Waals surface area contributed by atoms with Crippen molar-refractivity contribution in [1.29, 1.82) is 0 Å². The van der Waals surface area contributed by atoms with E-state index in [2.05, 4.69) is 13.8 Å². The van der Waals surface area contributed by atoms with Gasteiger partial charge in [-0.25, -0.2) is 0 Å². The SMILES string of the molecule is CCCCOC(=O)C(CCC)C(CCC)C(=O)OCCCC. The number of carbonyl (C=O) groups is 2. The van der Waals surface area contributed by atoms with Crippen molar-refractivity contribution in [2.75, 3.05) is 13.2 Å². The lowest BCUT2D eigenvalue weighted by Crippen LogP contribution is -2.33. The molecule has 0 saturated carbocycles. The fraction of sp³-hybridized carbons (Fsp3) is 0.889. The number of rotatable bonds is 13. The van der Waals surface area contributed by atoms with Gasteiger partial charge in [-0.15, -0.1) is 0 Å². The molecule has 0 spiro atoms. The smallest absolute Gasteiger partial charge is 0.309 e. The summed E-state index contributed by atoms with van der Waals surface area (Å²) in [5.74, 6) is -1.20. The second-order valence-electron chi connectivity index (χ2n) is 5.83. The predicted molar refractivity (Wildman–Crippen MR) is 88.5 cm³/mol. The summed E-state index contributed by atoms with van der Waals surface area (Å²) in [5, 5.41) is 0. The second-order valence-corrected chi connectivity index (χ2v) is 5.83. The topological polar surface area (TPSA) is 52.6 Å². The molecule has 0 aromatic heterocycles. The van der Waals surface area contributed by atoms with Crippen molar-refractivity contribution in [1.82, 2.24) is 0 Å². The molecule has 0 aliphatic carbocycles. The fourth-order valence-electron chi connectivity index (χ4n) is 2.44. The van der Waals surface area contributed by atoms with Crippen LogP contribution in [0, 0.1) is 11.8 Å². The van der Waals surface area contributed by atoms with Crippen LogP contribution in [0.5, 0.6) is 0 Å². The first kappa shape index (κ1) is 20.9. The van der Waals surface area contributed by atoms with E-state index in [1.807, 2.05) is 13.8 Å². The number of esters is 2. The Kier molecular flexibility index (Phi) is 12.9. The molecule has 0 N–H and O–H groups in total. The van der Waals surface area contributed by atoms with Gasteiger partial charge in [-0.3, -0.25) is 9.59 Å². The van der Waals surface area contributed by atoms with Gasteiger partial charge in [0.15, 0.2) is 0 Å². The molecule has 0 fully saturated rings. The molecule has 0 bridgehead atoms. The summed E-state index contributed by atoms with van der Waals surface area (Å²) >= 11 is 0. The van der Waals surface area contributed by atoms with Crippen LogP contribution >= 0.6 is 0 Å². The molecule has 0 aliphatic rings. The van der Waals surface area contributed by atoms with Crippen LogP contribution in [0.25, 0.3) is 0 Å². The Bertz CT molecular complexity index is 271. The summed E-state index contributed by atoms with van der Waals surface area (Å²) in [6.07, 6.45) is 6.78. The lowest BCUT2D eigenvalue weighted by atomic mass is 9.85. The molecule has 0 aromatic rings. The van der Waals surface area contributed by atoms with Gasteiger partial charge in [-0.05, 0) is 25.7 Å². The van der Waals surface area contributed by atoms with Gasteiger partial charge in [0.1, 0.15) is 0 Å². The highest BCUT2D eigenvalue weighted by Gasteiger charge is 2.34. The predicted octanol–water partition coefficient (Wildman–Crippen LogP) is 4.51. The van der Waals surface area contributed by atoms with Crippen LogP contribution in [0.4, 0.5) is 0 Å². The van der Waals surface area contributed by atoms with Gasteiger partial charge in [0.05, 0.1) is 25.0 Å². The second kappa shape index (κ2) is 13.6. The Morgan fingerprint density at radius 1 is 0.682 bits per heavy atom. The lowest BCUT2D eigenvalue weighted by molar-refractivity contribution is -0.161. The molecule has 0 aromatic carbocycles. The molecule has 130 valence electrons. The quantitative estimate of drug-likeness (QED) is 0.371. The van der Waals surface area contributed by atoms with Crippen LogP contribution in [0.15, 0.2) is 0 Å². The zero-order chi connectivity index (χ0) is 16.8. The highest BCUT2D eigenvalue weighted by Crippen LogP contribution is 2.26. The summed E-state index contributed by atoms with van der Waals surface area (Å²) < 4.78 is 10.7. The van der Waals surface area contributed by atoms with Crippen LogP contribution in [-0.2, 0) is 19.1 Å². The van der Waals surface area contributed by atoms with Crippen LogP contribution in [0.1, 0.15) is 79.1 Å². The normalized spacial score (nSPS) is 13.5. The van der Waals surface area contributed by atoms with Crippen molar-refractivity contribution in [3.8, 4) is 0 Å². The Morgan fingerprint density at radius 3 is 1.32 bits per heavy atom. The summed E-state index contributed by atoms with van der Waals surface area (Å²) in [6.45, 7) is 9.05. The number of hydrogen-bond acceptors (Lipinski definition) is 4. The zero-order valence-corrected chi connectivity index (χ0v) is 14.9. The maximum atomic E-state index is 12.3.